The summed E-state index contributed by atoms with van der Waals surface area (Å²) in [5.74, 6) is 6.13. The molecule has 0 saturated heterocycles. The van der Waals surface area contributed by atoms with Gasteiger partial charge in [0.2, 0.25) is 0 Å². The number of hydrogen-bond acceptors (Lipinski definition) is 0. The molecule has 4 rings (SSSR count). The number of nitrogens with zero attached hydrogens (tertiary/aromatic N) is 1. The van der Waals surface area contributed by atoms with Crippen LogP contribution in [0.3, 0.4) is 0 Å². The van der Waals surface area contributed by atoms with Gasteiger partial charge in [0.05, 0.1) is 0 Å². The van der Waals surface area contributed by atoms with Crippen molar-refractivity contribution in [2.24, 2.45) is 35.5 Å². The van der Waals surface area contributed by atoms with E-state index in [4.69, 9.17) is 4.98 Å². The van der Waals surface area contributed by atoms with Crippen LogP contribution >= 0.6 is 0 Å². The van der Waals surface area contributed by atoms with Crippen LogP contribution in [-0.2, 0) is 21.7 Å². The van der Waals surface area contributed by atoms with Crippen LogP contribution < -0.4 is 0 Å². The maximum absolute atomic E-state index is 5.65. The smallest absolute Gasteiger partial charge is 0.662 e. The van der Waals surface area contributed by atoms with Gasteiger partial charge in [0.25, 0.3) is 0 Å². The molecule has 4 saturated carbocycles. The van der Waals surface area contributed by atoms with E-state index >= 15 is 0 Å². The van der Waals surface area contributed by atoms with Gasteiger partial charge in [-0.3, -0.25) is 0 Å². The molecule has 0 heterocycles. The first-order chi connectivity index (χ1) is 11.5. The topological polar surface area (TPSA) is 14.1 Å². The van der Waals surface area contributed by atoms with Crippen LogP contribution in [0.2, 0.25) is 18.6 Å². The fourth-order valence-corrected chi connectivity index (χ4v) is 12.2. The first-order valence-electron chi connectivity index (χ1n) is 11.2. The van der Waals surface area contributed by atoms with Crippen molar-refractivity contribution in [2.75, 3.05) is 0 Å². The third kappa shape index (κ3) is 5.38. The molecule has 0 N–H and O–H groups in total. The van der Waals surface area contributed by atoms with Crippen molar-refractivity contribution < 1.29 is 21.7 Å². The molecule has 0 spiro atoms. The monoisotopic (exact) mass is 439 g/mol. The molecule has 4 fully saturated rings. The predicted molar refractivity (Wildman–Crippen MR) is 126 cm³/mol. The number of rotatable bonds is 3. The molecule has 4 aliphatic rings. The molecule has 0 aromatic rings. The van der Waals surface area contributed by atoms with Gasteiger partial charge in [0.15, 0.2) is 0 Å². The normalized spacial score (nSPS) is 40.1. The van der Waals surface area contributed by atoms with Gasteiger partial charge in [-0.2, -0.15) is 0 Å². The van der Waals surface area contributed by atoms with Crippen LogP contribution in [0.15, 0.2) is 0 Å². The molecule has 0 amide bonds. The molecule has 7 unspecified atom stereocenters. The van der Waals surface area contributed by atoms with Crippen molar-refractivity contribution in [3.05, 3.63) is 27.3 Å². The molecule has 1 nitrogen and oxygen atoms in total. The quantitative estimate of drug-likeness (QED) is 0.310. The Labute approximate surface area is 195 Å². The summed E-state index contributed by atoms with van der Waals surface area (Å²) in [6, 6.07) is 0.727. The first kappa shape index (κ1) is 28.9. The van der Waals surface area contributed by atoms with E-state index in [1.54, 1.807) is 25.7 Å². The van der Waals surface area contributed by atoms with Crippen LogP contribution in [0.25, 0.3) is 4.98 Å². The summed E-state index contributed by atoms with van der Waals surface area (Å²) in [6.45, 7) is 10.5. The van der Waals surface area contributed by atoms with Crippen molar-refractivity contribution in [3.63, 3.8) is 0 Å². The van der Waals surface area contributed by atoms with E-state index in [9.17, 15) is 0 Å². The summed E-state index contributed by atoms with van der Waals surface area (Å²) >= 11 is 0. The van der Waals surface area contributed by atoms with Crippen molar-refractivity contribution in [3.8, 4) is 0 Å². The van der Waals surface area contributed by atoms with Gasteiger partial charge in [-0.15, -0.1) is 6.04 Å². The van der Waals surface area contributed by atoms with E-state index in [1.807, 2.05) is 0 Å². The van der Waals surface area contributed by atoms with Crippen molar-refractivity contribution in [1.29, 1.82) is 0 Å². The molecule has 7 atom stereocenters. The van der Waals surface area contributed by atoms with Crippen LogP contribution in [0.5, 0.6) is 0 Å². The second-order valence-electron chi connectivity index (χ2n) is 10.6. The average Bonchev–Trinajstić information content (AvgIpc) is 3.09. The van der Waals surface area contributed by atoms with Gasteiger partial charge < -0.3 is 27.3 Å². The molecule has 0 aromatic carbocycles. The van der Waals surface area contributed by atoms with Gasteiger partial charge in [-0.05, 0) is 48.3 Å². The van der Waals surface area contributed by atoms with E-state index in [1.165, 1.54) is 38.5 Å². The van der Waals surface area contributed by atoms with Gasteiger partial charge in [0, 0.05) is 0 Å². The average molecular weight is 440 g/mol. The zero-order valence-corrected chi connectivity index (χ0v) is 22.7. The molecular weight excluding hydrogens is 390 g/mol. The maximum Gasteiger partial charge on any atom is 4.00 e. The Hall–Kier alpha value is 0.891. The summed E-state index contributed by atoms with van der Waals surface area (Å²) in [4.78, 5) is 5.65. The molecule has 28 heavy (non-hydrogen) atoms. The zero-order valence-electron chi connectivity index (χ0n) is 20.1. The van der Waals surface area contributed by atoms with E-state index in [0.717, 1.165) is 47.1 Å². The molecular formula is C25H49NSiTi. The van der Waals surface area contributed by atoms with Crippen molar-refractivity contribution >= 4 is 8.24 Å². The Morgan fingerprint density at radius 1 is 0.679 bits per heavy atom. The minimum Gasteiger partial charge on any atom is -0.662 e. The SMILES string of the molecule is CC1C(C)C([Si](C)(C)[N-]C2CCCCC2)C2CC3CCCC3CC12.[CH3-].[CH3-].[CH3-].[Ti+4]. The Balaban J connectivity index is 0.00000182. The second-order valence-corrected chi connectivity index (χ2v) is 14.8. The third-order valence-electron chi connectivity index (χ3n) is 8.95. The van der Waals surface area contributed by atoms with Gasteiger partial charge in [-0.25, -0.2) is 0 Å². The van der Waals surface area contributed by atoms with Crippen LogP contribution in [0.1, 0.15) is 78.1 Å². The number of fused-ring (bicyclic) bond motifs is 2. The van der Waals surface area contributed by atoms with E-state index in [0.29, 0.717) is 0 Å². The molecule has 0 radical (unpaired) electrons. The van der Waals surface area contributed by atoms with Crippen molar-refractivity contribution in [2.45, 2.75) is 103 Å². The van der Waals surface area contributed by atoms with Gasteiger partial charge in [0.1, 0.15) is 0 Å². The van der Waals surface area contributed by atoms with Gasteiger partial charge >= 0.3 is 21.7 Å². The maximum atomic E-state index is 5.65. The Morgan fingerprint density at radius 3 is 1.79 bits per heavy atom. The van der Waals surface area contributed by atoms with E-state index < -0.39 is 8.24 Å². The second kappa shape index (κ2) is 11.5. The first-order valence-corrected chi connectivity index (χ1v) is 14.2. The fourth-order valence-electron chi connectivity index (χ4n) is 7.84. The molecule has 0 aromatic heterocycles. The van der Waals surface area contributed by atoms with Gasteiger partial charge in [-0.1, -0.05) is 92.1 Å². The Bertz CT molecular complexity index is 448. The molecule has 3 heteroatoms. The van der Waals surface area contributed by atoms with Crippen LogP contribution in [0.4, 0.5) is 0 Å². The van der Waals surface area contributed by atoms with Crippen molar-refractivity contribution in [1.82, 2.24) is 0 Å². The summed E-state index contributed by atoms with van der Waals surface area (Å²) in [6.07, 6.45) is 14.9. The Morgan fingerprint density at radius 2 is 1.21 bits per heavy atom. The summed E-state index contributed by atoms with van der Waals surface area (Å²) in [5, 5.41) is 0. The molecule has 0 aliphatic heterocycles. The summed E-state index contributed by atoms with van der Waals surface area (Å²) < 4.78 is 0. The summed E-state index contributed by atoms with van der Waals surface area (Å²) in [5.41, 5.74) is 0.973. The van der Waals surface area contributed by atoms with E-state index in [2.05, 4.69) is 26.9 Å². The van der Waals surface area contributed by atoms with E-state index in [-0.39, 0.29) is 44.0 Å². The number of hydrogen-bond donors (Lipinski definition) is 0. The Kier molecular flexibility index (Phi) is 11.9. The zero-order chi connectivity index (χ0) is 16.9. The van der Waals surface area contributed by atoms with Crippen LogP contribution in [0, 0.1) is 57.8 Å². The predicted octanol–water partition coefficient (Wildman–Crippen LogP) is 8.34. The molecule has 162 valence electrons. The minimum absolute atomic E-state index is 0. The third-order valence-corrected chi connectivity index (χ3v) is 12.6. The largest absolute Gasteiger partial charge is 4.00 e. The minimum atomic E-state index is -1.49. The fraction of sp³-hybridized carbons (Fsp3) is 0.880. The molecule has 0 bridgehead atoms. The molecule has 4 aliphatic carbocycles. The van der Waals surface area contributed by atoms with Crippen LogP contribution in [-0.4, -0.2) is 14.3 Å². The standard InChI is InChI=1S/C22H40NSi.3CH3.Ti/c1-15-16(2)22(24(3,4)23-19-11-6-5-7-12-19)21-14-18-10-8-9-17(18)13-20(15)21;;;;/h15-22H,5-14H2,1-4H3;3*1H3;/q4*-1;+4. The summed E-state index contributed by atoms with van der Waals surface area (Å²) in [7, 11) is -1.49.